The minimum atomic E-state index is -0.355. The SMILES string of the molecule is Cc1noc(C)c1NC(=O)c1cc2cc(Cl)ccc2o1. The molecule has 2 heterocycles. The number of benzene rings is 1. The molecule has 0 aliphatic carbocycles. The summed E-state index contributed by atoms with van der Waals surface area (Å²) in [5.41, 5.74) is 1.79. The number of aromatic nitrogens is 1. The number of aryl methyl sites for hydroxylation is 2. The largest absolute Gasteiger partial charge is 0.451 e. The standard InChI is InChI=1S/C14H11ClN2O3/c1-7-13(8(2)20-17-7)16-14(18)12-6-9-5-10(15)3-4-11(9)19-12/h3-6H,1-2H3,(H,16,18). The number of carbonyl (C=O) groups is 1. The van der Waals surface area contributed by atoms with Gasteiger partial charge in [0.05, 0.1) is 0 Å². The summed E-state index contributed by atoms with van der Waals surface area (Å²) in [5.74, 6) is 0.406. The number of rotatable bonds is 2. The average Bonchev–Trinajstić information content (AvgIpc) is 2.96. The summed E-state index contributed by atoms with van der Waals surface area (Å²) in [5, 5.41) is 7.88. The van der Waals surface area contributed by atoms with Crippen LogP contribution in [0.3, 0.4) is 0 Å². The van der Waals surface area contributed by atoms with Crippen LogP contribution in [-0.4, -0.2) is 11.1 Å². The highest BCUT2D eigenvalue weighted by molar-refractivity contribution is 6.31. The highest BCUT2D eigenvalue weighted by Gasteiger charge is 2.17. The van der Waals surface area contributed by atoms with Crippen molar-refractivity contribution in [3.63, 3.8) is 0 Å². The second-order valence-corrected chi connectivity index (χ2v) is 4.88. The van der Waals surface area contributed by atoms with Crippen LogP contribution < -0.4 is 5.32 Å². The predicted molar refractivity (Wildman–Crippen MR) is 75.2 cm³/mol. The van der Waals surface area contributed by atoms with Crippen LogP contribution in [0.25, 0.3) is 11.0 Å². The van der Waals surface area contributed by atoms with Crippen LogP contribution in [0.2, 0.25) is 5.02 Å². The Morgan fingerprint density at radius 1 is 1.30 bits per heavy atom. The lowest BCUT2D eigenvalue weighted by atomic mass is 10.2. The molecule has 0 unspecified atom stereocenters. The molecule has 0 fully saturated rings. The summed E-state index contributed by atoms with van der Waals surface area (Å²) in [6.07, 6.45) is 0. The summed E-state index contributed by atoms with van der Waals surface area (Å²) in [7, 11) is 0. The molecule has 20 heavy (non-hydrogen) atoms. The second kappa shape index (κ2) is 4.68. The number of fused-ring (bicyclic) bond motifs is 1. The lowest BCUT2D eigenvalue weighted by Crippen LogP contribution is -2.11. The Bertz CT molecular complexity index is 784. The first kappa shape index (κ1) is 12.7. The third kappa shape index (κ3) is 2.16. The molecule has 0 atom stereocenters. The molecule has 0 aliphatic heterocycles. The highest BCUT2D eigenvalue weighted by atomic mass is 35.5. The summed E-state index contributed by atoms with van der Waals surface area (Å²) in [6, 6.07) is 6.83. The van der Waals surface area contributed by atoms with Gasteiger partial charge in [0.1, 0.15) is 17.0 Å². The molecule has 102 valence electrons. The van der Waals surface area contributed by atoms with E-state index in [4.69, 9.17) is 20.5 Å². The molecule has 3 aromatic rings. The first-order valence-corrected chi connectivity index (χ1v) is 6.36. The molecule has 1 amide bonds. The van der Waals surface area contributed by atoms with Crippen molar-refractivity contribution >= 4 is 34.2 Å². The lowest BCUT2D eigenvalue weighted by molar-refractivity contribution is 0.0998. The van der Waals surface area contributed by atoms with E-state index in [0.717, 1.165) is 5.39 Å². The summed E-state index contributed by atoms with van der Waals surface area (Å²) < 4.78 is 10.5. The molecule has 0 bridgehead atoms. The molecule has 0 saturated carbocycles. The van der Waals surface area contributed by atoms with Gasteiger partial charge in [-0.1, -0.05) is 16.8 Å². The zero-order valence-corrected chi connectivity index (χ0v) is 11.6. The number of nitrogens with zero attached hydrogens (tertiary/aromatic N) is 1. The molecule has 0 spiro atoms. The normalized spacial score (nSPS) is 10.9. The van der Waals surface area contributed by atoms with Gasteiger partial charge >= 0.3 is 0 Å². The molecular weight excluding hydrogens is 280 g/mol. The summed E-state index contributed by atoms with van der Waals surface area (Å²) >= 11 is 5.90. The monoisotopic (exact) mass is 290 g/mol. The van der Waals surface area contributed by atoms with Crippen molar-refractivity contribution < 1.29 is 13.7 Å². The Kier molecular flexibility index (Phi) is 2.99. The third-order valence-electron chi connectivity index (χ3n) is 2.97. The van der Waals surface area contributed by atoms with Gasteiger partial charge in [-0.2, -0.15) is 0 Å². The van der Waals surface area contributed by atoms with E-state index in [9.17, 15) is 4.79 Å². The third-order valence-corrected chi connectivity index (χ3v) is 3.21. The molecule has 6 heteroatoms. The van der Waals surface area contributed by atoms with Crippen molar-refractivity contribution in [1.82, 2.24) is 5.16 Å². The van der Waals surface area contributed by atoms with Gasteiger partial charge in [0, 0.05) is 10.4 Å². The van der Waals surface area contributed by atoms with Gasteiger partial charge < -0.3 is 14.3 Å². The lowest BCUT2D eigenvalue weighted by Gasteiger charge is -2.00. The van der Waals surface area contributed by atoms with E-state index < -0.39 is 0 Å². The Balaban J connectivity index is 1.93. The van der Waals surface area contributed by atoms with Crippen molar-refractivity contribution in [3.05, 3.63) is 46.5 Å². The maximum Gasteiger partial charge on any atom is 0.291 e. The van der Waals surface area contributed by atoms with Crippen LogP contribution in [0.5, 0.6) is 0 Å². The number of amides is 1. The quantitative estimate of drug-likeness (QED) is 0.776. The van der Waals surface area contributed by atoms with Crippen LogP contribution in [0.15, 0.2) is 33.2 Å². The van der Waals surface area contributed by atoms with E-state index in [1.54, 1.807) is 38.1 Å². The fraction of sp³-hybridized carbons (Fsp3) is 0.143. The predicted octanol–water partition coefficient (Wildman–Crippen LogP) is 3.94. The van der Waals surface area contributed by atoms with Crippen LogP contribution in [0.4, 0.5) is 5.69 Å². The highest BCUT2D eigenvalue weighted by Crippen LogP contribution is 2.25. The van der Waals surface area contributed by atoms with Gasteiger partial charge in [0.25, 0.3) is 5.91 Å². The van der Waals surface area contributed by atoms with Gasteiger partial charge in [-0.3, -0.25) is 4.79 Å². The Morgan fingerprint density at radius 3 is 2.80 bits per heavy atom. The van der Waals surface area contributed by atoms with Crippen molar-refractivity contribution in [2.24, 2.45) is 0 Å². The first-order chi connectivity index (χ1) is 9.54. The fourth-order valence-corrected chi connectivity index (χ4v) is 2.14. The summed E-state index contributed by atoms with van der Waals surface area (Å²) in [4.78, 5) is 12.2. The van der Waals surface area contributed by atoms with Crippen molar-refractivity contribution in [3.8, 4) is 0 Å². The molecule has 1 aromatic carbocycles. The maximum absolute atomic E-state index is 12.2. The van der Waals surface area contributed by atoms with Gasteiger partial charge in [-0.25, -0.2) is 0 Å². The van der Waals surface area contributed by atoms with E-state index in [1.165, 1.54) is 0 Å². The fourth-order valence-electron chi connectivity index (χ4n) is 1.96. The first-order valence-electron chi connectivity index (χ1n) is 5.98. The van der Waals surface area contributed by atoms with Crippen molar-refractivity contribution in [2.75, 3.05) is 5.32 Å². The zero-order valence-electron chi connectivity index (χ0n) is 10.9. The number of nitrogens with one attached hydrogen (secondary N) is 1. The van der Waals surface area contributed by atoms with E-state index in [2.05, 4.69) is 10.5 Å². The molecule has 5 nitrogen and oxygen atoms in total. The second-order valence-electron chi connectivity index (χ2n) is 4.45. The van der Waals surface area contributed by atoms with Crippen LogP contribution in [0.1, 0.15) is 22.0 Å². The van der Waals surface area contributed by atoms with Crippen molar-refractivity contribution in [1.29, 1.82) is 0 Å². The molecule has 1 N–H and O–H groups in total. The summed E-state index contributed by atoms with van der Waals surface area (Å²) in [6.45, 7) is 3.48. The zero-order chi connectivity index (χ0) is 14.3. The van der Waals surface area contributed by atoms with E-state index >= 15 is 0 Å². The van der Waals surface area contributed by atoms with E-state index in [-0.39, 0.29) is 11.7 Å². The maximum atomic E-state index is 12.2. The van der Waals surface area contributed by atoms with Gasteiger partial charge in [0.15, 0.2) is 11.5 Å². The molecule has 3 rings (SSSR count). The number of hydrogen-bond acceptors (Lipinski definition) is 4. The number of furan rings is 1. The Hall–Kier alpha value is -2.27. The van der Waals surface area contributed by atoms with Crippen LogP contribution in [-0.2, 0) is 0 Å². The Labute approximate surface area is 119 Å². The molecule has 0 saturated heterocycles. The number of carbonyl (C=O) groups excluding carboxylic acids is 1. The average molecular weight is 291 g/mol. The number of hydrogen-bond donors (Lipinski definition) is 1. The smallest absolute Gasteiger partial charge is 0.291 e. The minimum absolute atomic E-state index is 0.210. The molecule has 0 aliphatic rings. The minimum Gasteiger partial charge on any atom is -0.451 e. The van der Waals surface area contributed by atoms with Gasteiger partial charge in [0.2, 0.25) is 0 Å². The van der Waals surface area contributed by atoms with Crippen LogP contribution >= 0.6 is 11.6 Å². The number of anilines is 1. The van der Waals surface area contributed by atoms with Crippen LogP contribution in [0, 0.1) is 13.8 Å². The van der Waals surface area contributed by atoms with Crippen molar-refractivity contribution in [2.45, 2.75) is 13.8 Å². The topological polar surface area (TPSA) is 68.3 Å². The molecular formula is C14H11ClN2O3. The molecule has 0 radical (unpaired) electrons. The van der Waals surface area contributed by atoms with E-state index in [1.807, 2.05) is 0 Å². The molecule has 2 aromatic heterocycles. The number of halogens is 1. The Morgan fingerprint density at radius 2 is 2.10 bits per heavy atom. The van der Waals surface area contributed by atoms with E-state index in [0.29, 0.717) is 27.7 Å². The van der Waals surface area contributed by atoms with Gasteiger partial charge in [-0.15, -0.1) is 0 Å². The van der Waals surface area contributed by atoms with Gasteiger partial charge in [-0.05, 0) is 38.1 Å².